The van der Waals surface area contributed by atoms with Crippen molar-refractivity contribution in [2.45, 2.75) is 45.2 Å². The van der Waals surface area contributed by atoms with Gasteiger partial charge in [0.15, 0.2) is 6.61 Å². The zero-order valence-corrected chi connectivity index (χ0v) is 18.3. The molecular formula is C22H26N6O5. The van der Waals surface area contributed by atoms with Crippen molar-refractivity contribution >= 4 is 23.8 Å². The molecule has 0 aliphatic carbocycles. The van der Waals surface area contributed by atoms with Crippen molar-refractivity contribution in [1.82, 2.24) is 20.1 Å². The Balaban J connectivity index is 1.68. The number of carboxylic acid groups (broad SMARTS) is 1. The number of rotatable bonds is 9. The number of aliphatic carboxylic acids is 1. The van der Waals surface area contributed by atoms with Gasteiger partial charge in [-0.25, -0.2) is 14.6 Å². The monoisotopic (exact) mass is 454 g/mol. The second kappa shape index (κ2) is 11.0. The van der Waals surface area contributed by atoms with Crippen molar-refractivity contribution in [2.75, 3.05) is 18.5 Å². The van der Waals surface area contributed by atoms with Gasteiger partial charge in [-0.15, -0.1) is 5.92 Å². The lowest BCUT2D eigenvalue weighted by atomic mass is 10.1. The first-order valence-corrected chi connectivity index (χ1v) is 10.5. The topological polar surface area (TPSA) is 161 Å². The zero-order valence-electron chi connectivity index (χ0n) is 18.3. The van der Waals surface area contributed by atoms with Gasteiger partial charge in [0.2, 0.25) is 0 Å². The summed E-state index contributed by atoms with van der Waals surface area (Å²) in [5, 5.41) is 19.3. The molecule has 2 aromatic rings. The van der Waals surface area contributed by atoms with Gasteiger partial charge in [-0.2, -0.15) is 5.10 Å². The summed E-state index contributed by atoms with van der Waals surface area (Å²) in [7, 11) is 0. The summed E-state index contributed by atoms with van der Waals surface area (Å²) in [5.41, 5.74) is 7.77. The van der Waals surface area contributed by atoms with E-state index in [4.69, 9.17) is 10.5 Å². The first kappa shape index (κ1) is 23.6. The molecule has 11 heteroatoms. The van der Waals surface area contributed by atoms with E-state index in [1.807, 2.05) is 6.07 Å². The lowest BCUT2D eigenvalue weighted by molar-refractivity contribution is -0.139. The maximum atomic E-state index is 11.9. The standard InChI is InChI=1S/C22H26N6O5/c1-2-3-11-33-22(32)26-18(21(30)31)12-17-16(19(23)29)13-28(27-17)10-8-15-7-6-14-5-4-9-24-20(14)25-15/h6-7,13,18H,4-5,8-12H2,1H3,(H2,23,29)(H,24,25)(H,26,32)(H,30,31)/t18-/m0/s1. The Hall–Kier alpha value is -4.07. The van der Waals surface area contributed by atoms with Crippen molar-refractivity contribution in [3.63, 3.8) is 0 Å². The van der Waals surface area contributed by atoms with E-state index in [0.29, 0.717) is 13.0 Å². The number of ether oxygens (including phenoxy) is 1. The molecule has 5 N–H and O–H groups in total. The number of nitrogens with zero attached hydrogens (tertiary/aromatic N) is 3. The Labute approximate surface area is 190 Å². The highest BCUT2D eigenvalue weighted by atomic mass is 16.5. The summed E-state index contributed by atoms with van der Waals surface area (Å²) in [6, 6.07) is 2.66. The number of carbonyl (C=O) groups excluding carboxylic acids is 2. The number of fused-ring (bicyclic) bond motifs is 1. The molecule has 2 aromatic heterocycles. The van der Waals surface area contributed by atoms with Gasteiger partial charge < -0.3 is 26.2 Å². The fourth-order valence-corrected chi connectivity index (χ4v) is 3.42. The summed E-state index contributed by atoms with van der Waals surface area (Å²) in [5.74, 6) is 3.95. The highest BCUT2D eigenvalue weighted by Gasteiger charge is 2.25. The van der Waals surface area contributed by atoms with E-state index in [1.165, 1.54) is 16.4 Å². The van der Waals surface area contributed by atoms with Crippen LogP contribution in [0.3, 0.4) is 0 Å². The number of nitrogens with one attached hydrogen (secondary N) is 2. The Kier molecular flexibility index (Phi) is 7.86. The number of hydrogen-bond donors (Lipinski definition) is 4. The summed E-state index contributed by atoms with van der Waals surface area (Å²) < 4.78 is 6.32. The molecule has 0 saturated carbocycles. The highest BCUT2D eigenvalue weighted by Crippen LogP contribution is 2.20. The lowest BCUT2D eigenvalue weighted by Gasteiger charge is -2.17. The molecule has 1 aliphatic rings. The van der Waals surface area contributed by atoms with Crippen LogP contribution < -0.4 is 16.4 Å². The maximum absolute atomic E-state index is 11.9. The number of hydrogen-bond acceptors (Lipinski definition) is 7. The Bertz CT molecular complexity index is 1100. The molecule has 0 saturated heterocycles. The molecule has 0 aromatic carbocycles. The molecule has 3 heterocycles. The fourth-order valence-electron chi connectivity index (χ4n) is 3.42. The number of pyridine rings is 1. The SMILES string of the molecule is CC#CCOC(=O)N[C@@H](Cc1nn(CCc2ccc3c(n2)NCCC3)cc1C(N)=O)C(=O)O. The molecular weight excluding hydrogens is 428 g/mol. The van der Waals surface area contributed by atoms with E-state index in [2.05, 4.69) is 38.6 Å². The van der Waals surface area contributed by atoms with Crippen LogP contribution in [0.15, 0.2) is 18.3 Å². The van der Waals surface area contributed by atoms with Gasteiger partial charge in [-0.1, -0.05) is 12.0 Å². The average Bonchev–Trinajstić information content (AvgIpc) is 3.20. The summed E-state index contributed by atoms with van der Waals surface area (Å²) >= 11 is 0. The van der Waals surface area contributed by atoms with Gasteiger partial charge in [-0.05, 0) is 31.4 Å². The number of aromatic nitrogens is 3. The van der Waals surface area contributed by atoms with Crippen LogP contribution in [-0.2, 0) is 35.3 Å². The number of aryl methyl sites for hydroxylation is 3. The normalized spacial score (nSPS) is 13.0. The molecule has 3 rings (SSSR count). The summed E-state index contributed by atoms with van der Waals surface area (Å²) in [6.07, 6.45) is 2.94. The minimum Gasteiger partial charge on any atom is -0.480 e. The second-order valence-electron chi connectivity index (χ2n) is 7.45. The van der Waals surface area contributed by atoms with Crippen LogP contribution in [0.1, 0.15) is 40.7 Å². The van der Waals surface area contributed by atoms with Gasteiger partial charge in [0.1, 0.15) is 11.9 Å². The van der Waals surface area contributed by atoms with Crippen molar-refractivity contribution in [2.24, 2.45) is 5.73 Å². The van der Waals surface area contributed by atoms with Crippen LogP contribution >= 0.6 is 0 Å². The largest absolute Gasteiger partial charge is 0.480 e. The smallest absolute Gasteiger partial charge is 0.408 e. The Morgan fingerprint density at radius 3 is 2.94 bits per heavy atom. The fraction of sp³-hybridized carbons (Fsp3) is 0.409. The van der Waals surface area contributed by atoms with Crippen molar-refractivity contribution in [3.05, 3.63) is 40.8 Å². The molecule has 2 amide bonds. The highest BCUT2D eigenvalue weighted by molar-refractivity contribution is 5.94. The molecule has 1 atom stereocenters. The van der Waals surface area contributed by atoms with Crippen LogP contribution in [0.25, 0.3) is 0 Å². The zero-order chi connectivity index (χ0) is 23.8. The van der Waals surface area contributed by atoms with Crippen LogP contribution in [-0.4, -0.2) is 57.0 Å². The van der Waals surface area contributed by atoms with Crippen molar-refractivity contribution in [3.8, 4) is 11.8 Å². The molecule has 0 fully saturated rings. The van der Waals surface area contributed by atoms with Gasteiger partial charge in [-0.3, -0.25) is 9.48 Å². The number of alkyl carbamates (subject to hydrolysis) is 1. The first-order chi connectivity index (χ1) is 15.9. The molecule has 33 heavy (non-hydrogen) atoms. The molecule has 11 nitrogen and oxygen atoms in total. The predicted molar refractivity (Wildman–Crippen MR) is 119 cm³/mol. The van der Waals surface area contributed by atoms with E-state index >= 15 is 0 Å². The van der Waals surface area contributed by atoms with Crippen molar-refractivity contribution < 1.29 is 24.2 Å². The third kappa shape index (κ3) is 6.46. The van der Waals surface area contributed by atoms with Gasteiger partial charge in [0, 0.05) is 37.8 Å². The third-order valence-corrected chi connectivity index (χ3v) is 5.09. The average molecular weight is 454 g/mol. The number of primary amides is 1. The van der Waals surface area contributed by atoms with E-state index in [9.17, 15) is 19.5 Å². The maximum Gasteiger partial charge on any atom is 0.408 e. The molecule has 0 radical (unpaired) electrons. The number of nitrogens with two attached hydrogens (primary N) is 1. The van der Waals surface area contributed by atoms with Gasteiger partial charge in [0.25, 0.3) is 5.91 Å². The Morgan fingerprint density at radius 1 is 1.39 bits per heavy atom. The third-order valence-electron chi connectivity index (χ3n) is 5.09. The number of amides is 2. The van der Waals surface area contributed by atoms with Crippen LogP contribution in [0.2, 0.25) is 0 Å². The summed E-state index contributed by atoms with van der Waals surface area (Å²) in [6.45, 7) is 2.73. The molecule has 0 spiro atoms. The Morgan fingerprint density at radius 2 is 2.21 bits per heavy atom. The minimum absolute atomic E-state index is 0.0910. The first-order valence-electron chi connectivity index (χ1n) is 10.5. The van der Waals surface area contributed by atoms with Crippen LogP contribution in [0.4, 0.5) is 10.6 Å². The van der Waals surface area contributed by atoms with Gasteiger partial charge in [0.05, 0.1) is 11.3 Å². The lowest BCUT2D eigenvalue weighted by Crippen LogP contribution is -2.43. The summed E-state index contributed by atoms with van der Waals surface area (Å²) in [4.78, 5) is 40.0. The second-order valence-corrected chi connectivity index (χ2v) is 7.45. The predicted octanol–water partition coefficient (Wildman–Crippen LogP) is 0.723. The van der Waals surface area contributed by atoms with Crippen molar-refractivity contribution in [1.29, 1.82) is 0 Å². The minimum atomic E-state index is -1.36. The van der Waals surface area contributed by atoms with Gasteiger partial charge >= 0.3 is 12.1 Å². The molecule has 0 unspecified atom stereocenters. The number of carboxylic acids is 1. The molecule has 1 aliphatic heterocycles. The van der Waals surface area contributed by atoms with E-state index in [0.717, 1.165) is 30.9 Å². The quantitative estimate of drug-likeness (QED) is 0.403. The number of anilines is 1. The number of carbonyl (C=O) groups is 3. The van der Waals surface area contributed by atoms with E-state index in [1.54, 1.807) is 6.92 Å². The van der Waals surface area contributed by atoms with Crippen LogP contribution in [0.5, 0.6) is 0 Å². The molecule has 174 valence electrons. The van der Waals surface area contributed by atoms with E-state index in [-0.39, 0.29) is 24.3 Å². The molecule has 0 bridgehead atoms. The van der Waals surface area contributed by atoms with Crippen LogP contribution in [0, 0.1) is 11.8 Å². The van der Waals surface area contributed by atoms with E-state index < -0.39 is 24.0 Å².